The van der Waals surface area contributed by atoms with Crippen molar-refractivity contribution in [3.63, 3.8) is 0 Å². The molecule has 6 heteroatoms. The first-order chi connectivity index (χ1) is 12.7. The van der Waals surface area contributed by atoms with Gasteiger partial charge in [0.15, 0.2) is 0 Å². The molecule has 0 unspecified atom stereocenters. The van der Waals surface area contributed by atoms with Crippen LogP contribution in [0.25, 0.3) is 0 Å². The lowest BCUT2D eigenvalue weighted by molar-refractivity contribution is 0.121. The Hall–Kier alpha value is -2.47. The minimum Gasteiger partial charge on any atom is -0.497 e. The number of ether oxygens (including phenoxy) is 1. The van der Waals surface area contributed by atoms with E-state index in [1.807, 2.05) is 41.3 Å². The molecule has 1 aliphatic rings. The lowest BCUT2D eigenvalue weighted by atomic mass is 10.0. The van der Waals surface area contributed by atoms with E-state index in [0.29, 0.717) is 6.54 Å². The molecule has 1 fully saturated rings. The monoisotopic (exact) mass is 357 g/mol. The predicted octanol–water partition coefficient (Wildman–Crippen LogP) is 3.81. The number of hydrogen-bond donors (Lipinski definition) is 1. The number of nitrogens with one attached hydrogen (secondary N) is 1. The van der Waals surface area contributed by atoms with Gasteiger partial charge in [0.05, 0.1) is 19.9 Å². The van der Waals surface area contributed by atoms with E-state index in [2.05, 4.69) is 17.1 Å². The number of anilines is 1. The highest BCUT2D eigenvalue weighted by molar-refractivity contribution is 5.89. The zero-order valence-electron chi connectivity index (χ0n) is 15.5. The molecular weight excluding hydrogens is 330 g/mol. The van der Waals surface area contributed by atoms with Crippen molar-refractivity contribution < 1.29 is 13.9 Å². The van der Waals surface area contributed by atoms with Gasteiger partial charge in [-0.05, 0) is 55.8 Å². The van der Waals surface area contributed by atoms with E-state index >= 15 is 0 Å². The van der Waals surface area contributed by atoms with Crippen molar-refractivity contribution >= 4 is 11.7 Å². The summed E-state index contributed by atoms with van der Waals surface area (Å²) >= 11 is 0. The molecule has 0 saturated carbocycles. The van der Waals surface area contributed by atoms with Crippen molar-refractivity contribution in [2.45, 2.75) is 32.4 Å². The van der Waals surface area contributed by atoms with Gasteiger partial charge in [-0.3, -0.25) is 0 Å². The van der Waals surface area contributed by atoms with Crippen molar-refractivity contribution in [3.05, 3.63) is 48.4 Å². The molecule has 2 aromatic rings. The number of rotatable bonds is 6. The number of piperidine rings is 1. The Balaban J connectivity index is 1.70. The van der Waals surface area contributed by atoms with Crippen molar-refractivity contribution in [1.82, 2.24) is 9.80 Å². The third kappa shape index (κ3) is 4.58. The molecule has 1 saturated heterocycles. The molecule has 0 aliphatic carbocycles. The minimum absolute atomic E-state index is 0.0958. The molecule has 0 atom stereocenters. The van der Waals surface area contributed by atoms with E-state index in [4.69, 9.17) is 9.15 Å². The Morgan fingerprint density at radius 3 is 2.58 bits per heavy atom. The van der Waals surface area contributed by atoms with E-state index in [-0.39, 0.29) is 12.1 Å². The predicted molar refractivity (Wildman–Crippen MR) is 101 cm³/mol. The Bertz CT molecular complexity index is 677. The fraction of sp³-hybridized carbons (Fsp3) is 0.450. The minimum atomic E-state index is -0.0958. The first-order valence-electron chi connectivity index (χ1n) is 9.16. The summed E-state index contributed by atoms with van der Waals surface area (Å²) in [5.41, 5.74) is 0.756. The van der Waals surface area contributed by atoms with Crippen molar-refractivity contribution in [3.8, 4) is 5.75 Å². The lowest BCUT2D eigenvalue weighted by Gasteiger charge is -2.37. The maximum absolute atomic E-state index is 13.0. The first-order valence-corrected chi connectivity index (χ1v) is 9.16. The Morgan fingerprint density at radius 1 is 1.27 bits per heavy atom. The fourth-order valence-electron chi connectivity index (χ4n) is 3.35. The number of benzene rings is 1. The molecule has 1 N–H and O–H groups in total. The zero-order chi connectivity index (χ0) is 18.4. The van der Waals surface area contributed by atoms with Gasteiger partial charge < -0.3 is 24.3 Å². The number of hydrogen-bond acceptors (Lipinski definition) is 4. The zero-order valence-corrected chi connectivity index (χ0v) is 15.5. The highest BCUT2D eigenvalue weighted by atomic mass is 16.5. The van der Waals surface area contributed by atoms with E-state index in [1.165, 1.54) is 0 Å². The molecule has 3 rings (SSSR count). The quantitative estimate of drug-likeness (QED) is 0.854. The molecule has 0 bridgehead atoms. The Kier molecular flexibility index (Phi) is 6.17. The lowest BCUT2D eigenvalue weighted by Crippen LogP contribution is -2.48. The second-order valence-corrected chi connectivity index (χ2v) is 6.53. The van der Waals surface area contributed by atoms with Gasteiger partial charge in [-0.15, -0.1) is 0 Å². The summed E-state index contributed by atoms with van der Waals surface area (Å²) < 4.78 is 10.6. The van der Waals surface area contributed by atoms with Gasteiger partial charge in [0.2, 0.25) is 0 Å². The van der Waals surface area contributed by atoms with E-state index in [1.54, 1.807) is 13.4 Å². The molecule has 1 aromatic heterocycles. The van der Waals surface area contributed by atoms with Crippen LogP contribution in [-0.2, 0) is 6.54 Å². The van der Waals surface area contributed by atoms with Crippen LogP contribution in [0, 0.1) is 0 Å². The highest BCUT2D eigenvalue weighted by Crippen LogP contribution is 2.22. The van der Waals surface area contributed by atoms with Crippen LogP contribution in [0.5, 0.6) is 5.75 Å². The second-order valence-electron chi connectivity index (χ2n) is 6.53. The van der Waals surface area contributed by atoms with Gasteiger partial charge in [-0.2, -0.15) is 0 Å². The molecule has 0 radical (unpaired) electrons. The molecule has 2 heterocycles. The van der Waals surface area contributed by atoms with Crippen LogP contribution in [0.2, 0.25) is 0 Å². The number of carbonyl (C=O) groups is 1. The van der Waals surface area contributed by atoms with Crippen molar-refractivity contribution in [2.24, 2.45) is 0 Å². The van der Waals surface area contributed by atoms with Crippen LogP contribution in [0.15, 0.2) is 47.1 Å². The summed E-state index contributed by atoms with van der Waals surface area (Å²) in [4.78, 5) is 17.3. The molecule has 1 aliphatic heterocycles. The molecular formula is C20H27N3O3. The maximum atomic E-state index is 13.0. The number of methoxy groups -OCH3 is 1. The summed E-state index contributed by atoms with van der Waals surface area (Å²) in [7, 11) is 1.63. The van der Waals surface area contributed by atoms with Crippen LogP contribution in [0.1, 0.15) is 25.5 Å². The van der Waals surface area contributed by atoms with Gasteiger partial charge >= 0.3 is 6.03 Å². The topological polar surface area (TPSA) is 58.0 Å². The molecule has 0 spiro atoms. The van der Waals surface area contributed by atoms with Crippen LogP contribution >= 0.6 is 0 Å². The fourth-order valence-corrected chi connectivity index (χ4v) is 3.35. The standard InChI is InChI=1S/C20H27N3O3/c1-3-22-12-10-17(11-13-22)23(15-19-5-4-14-26-19)20(24)21-16-6-8-18(25-2)9-7-16/h4-9,14,17H,3,10-13,15H2,1-2H3,(H,21,24). The van der Waals surface area contributed by atoms with Gasteiger partial charge in [0.25, 0.3) is 0 Å². The third-order valence-electron chi connectivity index (χ3n) is 4.95. The average molecular weight is 357 g/mol. The number of carbonyl (C=O) groups excluding carboxylic acids is 1. The smallest absolute Gasteiger partial charge is 0.322 e. The number of furan rings is 1. The Labute approximate surface area is 154 Å². The summed E-state index contributed by atoms with van der Waals surface area (Å²) in [5.74, 6) is 1.56. The first kappa shape index (κ1) is 18.3. The van der Waals surface area contributed by atoms with E-state index in [0.717, 1.165) is 49.7 Å². The Morgan fingerprint density at radius 2 is 2.00 bits per heavy atom. The van der Waals surface area contributed by atoms with Gasteiger partial charge in [0.1, 0.15) is 11.5 Å². The van der Waals surface area contributed by atoms with Gasteiger partial charge in [-0.25, -0.2) is 4.79 Å². The highest BCUT2D eigenvalue weighted by Gasteiger charge is 2.28. The third-order valence-corrected chi connectivity index (χ3v) is 4.95. The van der Waals surface area contributed by atoms with Crippen LogP contribution in [0.4, 0.5) is 10.5 Å². The summed E-state index contributed by atoms with van der Waals surface area (Å²) in [6.07, 6.45) is 3.60. The molecule has 26 heavy (non-hydrogen) atoms. The average Bonchev–Trinajstić information content (AvgIpc) is 3.20. The second kappa shape index (κ2) is 8.76. The summed E-state index contributed by atoms with van der Waals surface area (Å²) in [6, 6.07) is 11.3. The summed E-state index contributed by atoms with van der Waals surface area (Å²) in [5, 5.41) is 3.00. The normalized spacial score (nSPS) is 15.6. The molecule has 6 nitrogen and oxygen atoms in total. The number of likely N-dealkylation sites (tertiary alicyclic amines) is 1. The van der Waals surface area contributed by atoms with Crippen LogP contribution in [-0.4, -0.2) is 48.6 Å². The van der Waals surface area contributed by atoms with Crippen LogP contribution < -0.4 is 10.1 Å². The number of urea groups is 1. The largest absolute Gasteiger partial charge is 0.497 e. The van der Waals surface area contributed by atoms with Gasteiger partial charge in [0, 0.05) is 24.8 Å². The SMILES string of the molecule is CCN1CCC(N(Cc2ccco2)C(=O)Nc2ccc(OC)cc2)CC1. The number of amides is 2. The maximum Gasteiger partial charge on any atom is 0.322 e. The summed E-state index contributed by atoms with van der Waals surface area (Å²) in [6.45, 7) is 5.75. The van der Waals surface area contributed by atoms with Crippen molar-refractivity contribution in [2.75, 3.05) is 32.1 Å². The molecule has 2 amide bonds. The van der Waals surface area contributed by atoms with Gasteiger partial charge in [-0.1, -0.05) is 6.92 Å². The van der Waals surface area contributed by atoms with Crippen molar-refractivity contribution in [1.29, 1.82) is 0 Å². The van der Waals surface area contributed by atoms with Crippen LogP contribution in [0.3, 0.4) is 0 Å². The molecule has 1 aromatic carbocycles. The van der Waals surface area contributed by atoms with E-state index in [9.17, 15) is 4.79 Å². The number of nitrogens with zero attached hydrogens (tertiary/aromatic N) is 2. The molecule has 140 valence electrons. The van der Waals surface area contributed by atoms with E-state index < -0.39 is 0 Å².